The number of hydrogen-bond donors (Lipinski definition) is 1. The van der Waals surface area contributed by atoms with Crippen LogP contribution in [0.3, 0.4) is 0 Å². The summed E-state index contributed by atoms with van der Waals surface area (Å²) in [6, 6.07) is 0. The minimum atomic E-state index is 0.239. The minimum Gasteiger partial charge on any atom is -0.342 e. The lowest BCUT2D eigenvalue weighted by Gasteiger charge is -2.36. The Kier molecular flexibility index (Phi) is 4.40. The summed E-state index contributed by atoms with van der Waals surface area (Å²) in [5.74, 6) is 1.25. The molecule has 2 rings (SSSR count). The van der Waals surface area contributed by atoms with Gasteiger partial charge >= 0.3 is 0 Å². The average Bonchev–Trinajstić information content (AvgIpc) is 2.38. The lowest BCUT2D eigenvalue weighted by molar-refractivity contribution is -0.138. The summed E-state index contributed by atoms with van der Waals surface area (Å²) >= 11 is 0. The van der Waals surface area contributed by atoms with E-state index in [1.54, 1.807) is 0 Å². The summed E-state index contributed by atoms with van der Waals surface area (Å²) in [5.41, 5.74) is 5.68. The van der Waals surface area contributed by atoms with Gasteiger partial charge in [0, 0.05) is 19.6 Å². The predicted molar refractivity (Wildman–Crippen MR) is 68.6 cm³/mol. The molecule has 98 valence electrons. The standard InChI is InChI=1S/C13H25N3O/c1-15-6-2-3-12(10-15)13(17)16-7-4-11(9-14)5-8-16/h11-12H,2-10,14H2,1H3/t12-/m1/s1. The van der Waals surface area contributed by atoms with E-state index in [0.29, 0.717) is 11.8 Å². The molecule has 0 unspecified atom stereocenters. The van der Waals surface area contributed by atoms with Crippen molar-refractivity contribution in [3.63, 3.8) is 0 Å². The Bertz CT molecular complexity index is 261. The topological polar surface area (TPSA) is 49.6 Å². The van der Waals surface area contributed by atoms with Gasteiger partial charge in [0.2, 0.25) is 5.91 Å². The van der Waals surface area contributed by atoms with Crippen molar-refractivity contribution in [2.45, 2.75) is 25.7 Å². The Morgan fingerprint density at radius 2 is 1.94 bits per heavy atom. The van der Waals surface area contributed by atoms with Gasteiger partial charge in [-0.1, -0.05) is 0 Å². The molecule has 0 radical (unpaired) electrons. The fourth-order valence-corrected chi connectivity index (χ4v) is 3.02. The van der Waals surface area contributed by atoms with Crippen LogP contribution in [0.1, 0.15) is 25.7 Å². The Morgan fingerprint density at radius 3 is 2.53 bits per heavy atom. The summed E-state index contributed by atoms with van der Waals surface area (Å²) in [6.45, 7) is 4.69. The minimum absolute atomic E-state index is 0.239. The van der Waals surface area contributed by atoms with Crippen LogP contribution in [0.5, 0.6) is 0 Å². The molecular weight excluding hydrogens is 214 g/mol. The number of carbonyl (C=O) groups is 1. The van der Waals surface area contributed by atoms with Crippen molar-refractivity contribution in [3.05, 3.63) is 0 Å². The number of rotatable bonds is 2. The summed E-state index contributed by atoms with van der Waals surface area (Å²) < 4.78 is 0. The van der Waals surface area contributed by atoms with Crippen LogP contribution >= 0.6 is 0 Å². The molecule has 2 heterocycles. The molecule has 0 spiro atoms. The Morgan fingerprint density at radius 1 is 1.24 bits per heavy atom. The zero-order chi connectivity index (χ0) is 12.3. The van der Waals surface area contributed by atoms with Crippen LogP contribution in [0.4, 0.5) is 0 Å². The molecule has 4 heteroatoms. The van der Waals surface area contributed by atoms with E-state index in [2.05, 4.69) is 16.8 Å². The summed E-state index contributed by atoms with van der Waals surface area (Å²) in [4.78, 5) is 16.7. The largest absolute Gasteiger partial charge is 0.342 e. The van der Waals surface area contributed by atoms with Gasteiger partial charge in [0.1, 0.15) is 0 Å². The maximum absolute atomic E-state index is 12.4. The Balaban J connectivity index is 1.83. The smallest absolute Gasteiger partial charge is 0.226 e. The molecule has 1 amide bonds. The summed E-state index contributed by atoms with van der Waals surface area (Å²) in [6.07, 6.45) is 4.40. The van der Waals surface area contributed by atoms with E-state index in [1.807, 2.05) is 0 Å². The monoisotopic (exact) mass is 239 g/mol. The van der Waals surface area contributed by atoms with Gasteiger partial charge in [-0.25, -0.2) is 0 Å². The zero-order valence-electron chi connectivity index (χ0n) is 10.9. The second kappa shape index (κ2) is 5.83. The molecule has 0 aromatic heterocycles. The van der Waals surface area contributed by atoms with Crippen LogP contribution < -0.4 is 5.73 Å². The molecule has 0 aromatic carbocycles. The molecule has 2 fully saturated rings. The van der Waals surface area contributed by atoms with E-state index in [9.17, 15) is 4.79 Å². The fourth-order valence-electron chi connectivity index (χ4n) is 3.02. The summed E-state index contributed by atoms with van der Waals surface area (Å²) in [7, 11) is 2.11. The first kappa shape index (κ1) is 12.8. The van der Waals surface area contributed by atoms with Gasteiger partial charge in [-0.15, -0.1) is 0 Å². The first-order valence-corrected chi connectivity index (χ1v) is 6.88. The van der Waals surface area contributed by atoms with Crippen LogP contribution in [0.2, 0.25) is 0 Å². The summed E-state index contributed by atoms with van der Waals surface area (Å²) in [5, 5.41) is 0. The van der Waals surface area contributed by atoms with Crippen molar-refractivity contribution in [2.24, 2.45) is 17.6 Å². The van der Waals surface area contributed by atoms with E-state index >= 15 is 0 Å². The molecule has 0 saturated carbocycles. The van der Waals surface area contributed by atoms with E-state index < -0.39 is 0 Å². The first-order valence-electron chi connectivity index (χ1n) is 6.88. The zero-order valence-corrected chi connectivity index (χ0v) is 10.9. The number of hydrogen-bond acceptors (Lipinski definition) is 3. The van der Waals surface area contributed by atoms with Crippen LogP contribution in [0, 0.1) is 11.8 Å². The third kappa shape index (κ3) is 3.19. The molecule has 0 aliphatic carbocycles. The third-order valence-corrected chi connectivity index (χ3v) is 4.23. The SMILES string of the molecule is CN1CCC[C@@H](C(=O)N2CCC(CN)CC2)C1. The predicted octanol–water partition coefficient (Wildman–Crippen LogP) is 0.526. The quantitative estimate of drug-likeness (QED) is 0.764. The van der Waals surface area contributed by atoms with Crippen molar-refractivity contribution >= 4 is 5.91 Å². The van der Waals surface area contributed by atoms with Crippen molar-refractivity contribution in [2.75, 3.05) is 39.8 Å². The normalized spacial score (nSPS) is 28.4. The second-order valence-electron chi connectivity index (χ2n) is 5.61. The number of likely N-dealkylation sites (tertiary alicyclic amines) is 2. The molecule has 0 bridgehead atoms. The van der Waals surface area contributed by atoms with Crippen molar-refractivity contribution in [1.82, 2.24) is 9.80 Å². The first-order chi connectivity index (χ1) is 8.20. The van der Waals surface area contributed by atoms with E-state index in [1.165, 1.54) is 0 Å². The molecule has 1 atom stereocenters. The van der Waals surface area contributed by atoms with Gasteiger partial charge < -0.3 is 15.5 Å². The Labute approximate surface area is 104 Å². The van der Waals surface area contributed by atoms with E-state index in [0.717, 1.165) is 58.4 Å². The molecule has 2 saturated heterocycles. The van der Waals surface area contributed by atoms with Gasteiger partial charge in [-0.05, 0) is 51.7 Å². The van der Waals surface area contributed by atoms with Crippen molar-refractivity contribution in [1.29, 1.82) is 0 Å². The molecule has 2 aliphatic rings. The van der Waals surface area contributed by atoms with Gasteiger partial charge in [0.05, 0.1) is 5.92 Å². The molecular formula is C13H25N3O. The highest BCUT2D eigenvalue weighted by Crippen LogP contribution is 2.22. The highest BCUT2D eigenvalue weighted by atomic mass is 16.2. The second-order valence-corrected chi connectivity index (χ2v) is 5.61. The van der Waals surface area contributed by atoms with E-state index in [4.69, 9.17) is 5.73 Å². The van der Waals surface area contributed by atoms with Gasteiger partial charge in [0.25, 0.3) is 0 Å². The molecule has 4 nitrogen and oxygen atoms in total. The van der Waals surface area contributed by atoms with E-state index in [-0.39, 0.29) is 5.92 Å². The molecule has 0 aromatic rings. The number of amides is 1. The molecule has 17 heavy (non-hydrogen) atoms. The molecule has 2 N–H and O–H groups in total. The van der Waals surface area contributed by atoms with Crippen LogP contribution in [0.15, 0.2) is 0 Å². The number of carbonyl (C=O) groups excluding carboxylic acids is 1. The van der Waals surface area contributed by atoms with Crippen LogP contribution in [-0.2, 0) is 4.79 Å². The van der Waals surface area contributed by atoms with Crippen LogP contribution in [0.25, 0.3) is 0 Å². The number of nitrogens with zero attached hydrogens (tertiary/aromatic N) is 2. The van der Waals surface area contributed by atoms with Crippen molar-refractivity contribution < 1.29 is 4.79 Å². The number of piperidine rings is 2. The maximum Gasteiger partial charge on any atom is 0.226 e. The average molecular weight is 239 g/mol. The third-order valence-electron chi connectivity index (χ3n) is 4.23. The van der Waals surface area contributed by atoms with Gasteiger partial charge in [0.15, 0.2) is 0 Å². The Hall–Kier alpha value is -0.610. The maximum atomic E-state index is 12.4. The highest BCUT2D eigenvalue weighted by molar-refractivity contribution is 5.79. The van der Waals surface area contributed by atoms with Crippen LogP contribution in [-0.4, -0.2) is 55.5 Å². The van der Waals surface area contributed by atoms with Gasteiger partial charge in [-0.3, -0.25) is 4.79 Å². The molecule has 2 aliphatic heterocycles. The lowest BCUT2D eigenvalue weighted by atomic mass is 9.93. The lowest BCUT2D eigenvalue weighted by Crippen LogP contribution is -2.47. The highest BCUT2D eigenvalue weighted by Gasteiger charge is 2.30. The van der Waals surface area contributed by atoms with Crippen molar-refractivity contribution in [3.8, 4) is 0 Å². The number of nitrogens with two attached hydrogens (primary N) is 1. The van der Waals surface area contributed by atoms with Gasteiger partial charge in [-0.2, -0.15) is 0 Å². The fraction of sp³-hybridized carbons (Fsp3) is 0.923.